The van der Waals surface area contributed by atoms with E-state index >= 15 is 0 Å². The Kier molecular flexibility index (Phi) is 7.77. The van der Waals surface area contributed by atoms with Crippen molar-refractivity contribution in [1.29, 1.82) is 0 Å². The fourth-order valence-electron chi connectivity index (χ4n) is 1.66. The van der Waals surface area contributed by atoms with E-state index in [2.05, 4.69) is 5.32 Å². The van der Waals surface area contributed by atoms with E-state index in [0.29, 0.717) is 37.7 Å². The van der Waals surface area contributed by atoms with E-state index in [1.807, 2.05) is 6.92 Å². The number of aliphatic carboxylic acids is 1. The zero-order valence-corrected chi connectivity index (χ0v) is 12.8. The number of carbonyl (C=O) groups is 2. The highest BCUT2D eigenvalue weighted by Gasteiger charge is 2.12. The number of carboxylic acids is 1. The molecular weight excluding hydrogens is 290 g/mol. The summed E-state index contributed by atoms with van der Waals surface area (Å²) >= 11 is 0. The minimum Gasteiger partial charge on any atom is -0.490 e. The topological polar surface area (TPSA) is 94.1 Å². The summed E-state index contributed by atoms with van der Waals surface area (Å²) in [5, 5.41) is 11.4. The summed E-state index contributed by atoms with van der Waals surface area (Å²) in [5.41, 5.74) is 0.405. The van der Waals surface area contributed by atoms with Gasteiger partial charge < -0.3 is 24.6 Å². The third-order valence-corrected chi connectivity index (χ3v) is 2.59. The number of rotatable bonds is 10. The van der Waals surface area contributed by atoms with Crippen molar-refractivity contribution in [2.75, 3.05) is 33.0 Å². The molecule has 2 N–H and O–H groups in total. The number of carboxylic acid groups (broad SMARTS) is 1. The van der Waals surface area contributed by atoms with Crippen molar-refractivity contribution in [3.8, 4) is 11.5 Å². The number of hydrogen-bond donors (Lipinski definition) is 2. The van der Waals surface area contributed by atoms with Crippen molar-refractivity contribution < 1.29 is 28.9 Å². The predicted molar refractivity (Wildman–Crippen MR) is 79.6 cm³/mol. The SMILES string of the molecule is CCOCCNC(=O)c1ccc(OCC(=O)O)c(OCC)c1. The van der Waals surface area contributed by atoms with Gasteiger partial charge >= 0.3 is 5.97 Å². The molecule has 0 spiro atoms. The molecule has 0 bridgehead atoms. The molecule has 1 aromatic carbocycles. The van der Waals surface area contributed by atoms with Gasteiger partial charge in [-0.15, -0.1) is 0 Å². The van der Waals surface area contributed by atoms with Crippen molar-refractivity contribution >= 4 is 11.9 Å². The Morgan fingerprint density at radius 1 is 1.14 bits per heavy atom. The first-order valence-electron chi connectivity index (χ1n) is 7.05. The molecule has 0 fully saturated rings. The Labute approximate surface area is 129 Å². The van der Waals surface area contributed by atoms with Gasteiger partial charge in [-0.1, -0.05) is 0 Å². The van der Waals surface area contributed by atoms with Gasteiger partial charge in [0.15, 0.2) is 18.1 Å². The van der Waals surface area contributed by atoms with E-state index in [9.17, 15) is 9.59 Å². The molecule has 0 aliphatic carbocycles. The number of ether oxygens (including phenoxy) is 3. The second-order valence-electron chi connectivity index (χ2n) is 4.23. The molecule has 0 radical (unpaired) electrons. The lowest BCUT2D eigenvalue weighted by molar-refractivity contribution is -0.139. The van der Waals surface area contributed by atoms with E-state index < -0.39 is 12.6 Å². The van der Waals surface area contributed by atoms with Crippen LogP contribution in [0.5, 0.6) is 11.5 Å². The summed E-state index contributed by atoms with van der Waals surface area (Å²) in [6.07, 6.45) is 0. The Bertz CT molecular complexity index is 503. The lowest BCUT2D eigenvalue weighted by Crippen LogP contribution is -2.27. The van der Waals surface area contributed by atoms with E-state index in [1.165, 1.54) is 12.1 Å². The normalized spacial score (nSPS) is 10.1. The third-order valence-electron chi connectivity index (χ3n) is 2.59. The van der Waals surface area contributed by atoms with Crippen LogP contribution in [0, 0.1) is 0 Å². The number of carbonyl (C=O) groups excluding carboxylic acids is 1. The molecular formula is C15H21NO6. The summed E-state index contributed by atoms with van der Waals surface area (Å²) in [6.45, 7) is 5.02. The summed E-state index contributed by atoms with van der Waals surface area (Å²) in [5.74, 6) is -0.720. The van der Waals surface area contributed by atoms with Crippen LogP contribution in [0.4, 0.5) is 0 Å². The van der Waals surface area contributed by atoms with Crippen LogP contribution in [0.15, 0.2) is 18.2 Å². The third kappa shape index (κ3) is 6.01. The van der Waals surface area contributed by atoms with Gasteiger partial charge in [-0.05, 0) is 32.0 Å². The first-order valence-corrected chi connectivity index (χ1v) is 7.05. The highest BCUT2D eigenvalue weighted by atomic mass is 16.5. The molecule has 0 aromatic heterocycles. The summed E-state index contributed by atoms with van der Waals surface area (Å²) < 4.78 is 15.6. The van der Waals surface area contributed by atoms with E-state index in [4.69, 9.17) is 19.3 Å². The van der Waals surface area contributed by atoms with Crippen LogP contribution in [-0.2, 0) is 9.53 Å². The quantitative estimate of drug-likeness (QED) is 0.633. The summed E-state index contributed by atoms with van der Waals surface area (Å²) in [6, 6.07) is 4.60. The number of nitrogens with one attached hydrogen (secondary N) is 1. The van der Waals surface area contributed by atoms with Gasteiger partial charge in [0.25, 0.3) is 5.91 Å². The van der Waals surface area contributed by atoms with Gasteiger partial charge in [-0.2, -0.15) is 0 Å². The van der Waals surface area contributed by atoms with Crippen LogP contribution in [0.2, 0.25) is 0 Å². The number of hydrogen-bond acceptors (Lipinski definition) is 5. The average molecular weight is 311 g/mol. The van der Waals surface area contributed by atoms with Gasteiger partial charge in [-0.25, -0.2) is 4.79 Å². The molecule has 0 saturated carbocycles. The van der Waals surface area contributed by atoms with E-state index in [1.54, 1.807) is 13.0 Å². The molecule has 0 aliphatic rings. The highest BCUT2D eigenvalue weighted by molar-refractivity contribution is 5.94. The van der Waals surface area contributed by atoms with E-state index in [-0.39, 0.29) is 11.7 Å². The van der Waals surface area contributed by atoms with Crippen molar-refractivity contribution in [2.24, 2.45) is 0 Å². The van der Waals surface area contributed by atoms with Gasteiger partial charge in [0.05, 0.1) is 13.2 Å². The molecule has 1 rings (SSSR count). The standard InChI is InChI=1S/C15H21NO6/c1-3-20-8-7-16-15(19)11-5-6-12(22-10-14(17)18)13(9-11)21-4-2/h5-6,9H,3-4,7-8,10H2,1-2H3,(H,16,19)(H,17,18). The maximum Gasteiger partial charge on any atom is 0.341 e. The maximum absolute atomic E-state index is 12.0. The fraction of sp³-hybridized carbons (Fsp3) is 0.467. The van der Waals surface area contributed by atoms with E-state index in [0.717, 1.165) is 0 Å². The monoisotopic (exact) mass is 311 g/mol. The number of amides is 1. The second kappa shape index (κ2) is 9.62. The maximum atomic E-state index is 12.0. The van der Waals surface area contributed by atoms with Crippen molar-refractivity contribution in [3.05, 3.63) is 23.8 Å². The Hall–Kier alpha value is -2.28. The average Bonchev–Trinajstić information content (AvgIpc) is 2.50. The Morgan fingerprint density at radius 2 is 1.91 bits per heavy atom. The molecule has 0 saturated heterocycles. The van der Waals surface area contributed by atoms with Gasteiger partial charge in [0, 0.05) is 18.7 Å². The molecule has 0 atom stereocenters. The Balaban J connectivity index is 2.73. The second-order valence-corrected chi connectivity index (χ2v) is 4.23. The summed E-state index contributed by atoms with van der Waals surface area (Å²) in [4.78, 5) is 22.5. The molecule has 0 aliphatic heterocycles. The minimum absolute atomic E-state index is 0.259. The van der Waals surface area contributed by atoms with Crippen molar-refractivity contribution in [1.82, 2.24) is 5.32 Å². The fourth-order valence-corrected chi connectivity index (χ4v) is 1.66. The number of benzene rings is 1. The van der Waals surface area contributed by atoms with Crippen LogP contribution >= 0.6 is 0 Å². The zero-order valence-electron chi connectivity index (χ0n) is 12.8. The van der Waals surface area contributed by atoms with Crippen LogP contribution in [0.25, 0.3) is 0 Å². The molecule has 1 amide bonds. The molecule has 1 aromatic rings. The van der Waals surface area contributed by atoms with Gasteiger partial charge in [0.2, 0.25) is 0 Å². The largest absolute Gasteiger partial charge is 0.490 e. The van der Waals surface area contributed by atoms with Crippen molar-refractivity contribution in [3.63, 3.8) is 0 Å². The summed E-state index contributed by atoms with van der Waals surface area (Å²) in [7, 11) is 0. The molecule has 22 heavy (non-hydrogen) atoms. The first kappa shape index (κ1) is 17.8. The van der Waals surface area contributed by atoms with Gasteiger partial charge in [0.1, 0.15) is 0 Å². The predicted octanol–water partition coefficient (Wildman–Crippen LogP) is 1.31. The zero-order chi connectivity index (χ0) is 16.4. The smallest absolute Gasteiger partial charge is 0.341 e. The first-order chi connectivity index (χ1) is 10.6. The minimum atomic E-state index is -1.08. The Morgan fingerprint density at radius 3 is 2.55 bits per heavy atom. The van der Waals surface area contributed by atoms with Crippen LogP contribution in [-0.4, -0.2) is 50.0 Å². The van der Waals surface area contributed by atoms with Crippen molar-refractivity contribution in [2.45, 2.75) is 13.8 Å². The van der Waals surface area contributed by atoms with Crippen LogP contribution in [0.1, 0.15) is 24.2 Å². The lowest BCUT2D eigenvalue weighted by Gasteiger charge is -2.12. The molecule has 7 heteroatoms. The molecule has 0 heterocycles. The van der Waals surface area contributed by atoms with Gasteiger partial charge in [-0.3, -0.25) is 4.79 Å². The molecule has 122 valence electrons. The van der Waals surface area contributed by atoms with Crippen LogP contribution < -0.4 is 14.8 Å². The molecule has 7 nitrogen and oxygen atoms in total. The molecule has 0 unspecified atom stereocenters. The lowest BCUT2D eigenvalue weighted by atomic mass is 10.2. The highest BCUT2D eigenvalue weighted by Crippen LogP contribution is 2.28. The van der Waals surface area contributed by atoms with Crippen LogP contribution in [0.3, 0.4) is 0 Å².